The quantitative estimate of drug-likeness (QED) is 0.799. The maximum Gasteiger partial charge on any atom is 0.164 e. The summed E-state index contributed by atoms with van der Waals surface area (Å²) in [5.74, 6) is 1.34. The van der Waals surface area contributed by atoms with Gasteiger partial charge in [-0.15, -0.1) is 0 Å². The molecule has 2 rings (SSSR count). The van der Waals surface area contributed by atoms with Gasteiger partial charge in [0, 0.05) is 29.7 Å². The Kier molecular flexibility index (Phi) is 4.78. The molecule has 18 heavy (non-hydrogen) atoms. The second kappa shape index (κ2) is 6.34. The third-order valence-corrected chi connectivity index (χ3v) is 3.98. The molecule has 0 radical (unpaired) electrons. The molecule has 0 atom stereocenters. The van der Waals surface area contributed by atoms with E-state index in [-0.39, 0.29) is 5.78 Å². The van der Waals surface area contributed by atoms with Crippen LogP contribution in [0.5, 0.6) is 5.75 Å². The topological polar surface area (TPSA) is 35.5 Å². The van der Waals surface area contributed by atoms with Gasteiger partial charge in [-0.1, -0.05) is 15.9 Å². The van der Waals surface area contributed by atoms with Crippen LogP contribution in [0.25, 0.3) is 0 Å². The van der Waals surface area contributed by atoms with Crippen molar-refractivity contribution in [3.63, 3.8) is 0 Å². The molecule has 0 N–H and O–H groups in total. The van der Waals surface area contributed by atoms with Crippen LogP contribution < -0.4 is 4.74 Å². The maximum atomic E-state index is 12.3. The van der Waals surface area contributed by atoms with Crippen LogP contribution in [0.2, 0.25) is 0 Å². The fraction of sp³-hybridized carbons (Fsp3) is 0.500. The molecule has 1 aromatic carbocycles. The Labute approximate surface area is 116 Å². The Morgan fingerprint density at radius 3 is 2.83 bits per heavy atom. The largest absolute Gasteiger partial charge is 0.497 e. The van der Waals surface area contributed by atoms with Gasteiger partial charge in [-0.05, 0) is 37.0 Å². The average molecular weight is 313 g/mol. The summed E-state index contributed by atoms with van der Waals surface area (Å²) >= 11 is 3.42. The summed E-state index contributed by atoms with van der Waals surface area (Å²) in [5, 5.41) is 0. The highest BCUT2D eigenvalue weighted by Crippen LogP contribution is 2.27. The van der Waals surface area contributed by atoms with Gasteiger partial charge >= 0.3 is 0 Å². The van der Waals surface area contributed by atoms with Crippen LogP contribution in [0, 0.1) is 5.92 Å². The lowest BCUT2D eigenvalue weighted by atomic mass is 9.92. The zero-order chi connectivity index (χ0) is 13.0. The van der Waals surface area contributed by atoms with E-state index in [9.17, 15) is 4.79 Å². The predicted molar refractivity (Wildman–Crippen MR) is 73.2 cm³/mol. The van der Waals surface area contributed by atoms with Gasteiger partial charge in [0.1, 0.15) is 5.75 Å². The first kappa shape index (κ1) is 13.6. The first-order valence-corrected chi connectivity index (χ1v) is 6.94. The maximum absolute atomic E-state index is 12.3. The van der Waals surface area contributed by atoms with Gasteiger partial charge in [0.15, 0.2) is 5.78 Å². The van der Waals surface area contributed by atoms with Crippen molar-refractivity contribution in [2.45, 2.75) is 19.3 Å². The highest BCUT2D eigenvalue weighted by molar-refractivity contribution is 9.10. The number of ether oxygens (including phenoxy) is 2. The van der Waals surface area contributed by atoms with Crippen LogP contribution in [0.4, 0.5) is 0 Å². The van der Waals surface area contributed by atoms with Crippen molar-refractivity contribution in [2.24, 2.45) is 5.92 Å². The minimum absolute atomic E-state index is 0.174. The molecular formula is C14H17BrO3. The molecule has 0 aromatic heterocycles. The Balaban J connectivity index is 2.07. The van der Waals surface area contributed by atoms with Crippen LogP contribution in [0.3, 0.4) is 0 Å². The fourth-order valence-electron chi connectivity index (χ4n) is 2.17. The van der Waals surface area contributed by atoms with Gasteiger partial charge in [-0.25, -0.2) is 0 Å². The summed E-state index contributed by atoms with van der Waals surface area (Å²) < 4.78 is 11.3. The molecule has 0 saturated carbocycles. The second-order valence-corrected chi connectivity index (χ2v) is 5.38. The Morgan fingerprint density at radius 2 is 2.17 bits per heavy atom. The van der Waals surface area contributed by atoms with Crippen LogP contribution in [-0.2, 0) is 4.74 Å². The Morgan fingerprint density at radius 1 is 1.44 bits per heavy atom. The number of methoxy groups -OCH3 is 1. The van der Waals surface area contributed by atoms with E-state index in [0.29, 0.717) is 23.7 Å². The number of ketones is 1. The minimum atomic E-state index is 0.174. The third kappa shape index (κ3) is 3.33. The molecule has 4 heteroatoms. The lowest BCUT2D eigenvalue weighted by molar-refractivity contribution is 0.0600. The predicted octanol–water partition coefficient (Wildman–Crippen LogP) is 3.46. The van der Waals surface area contributed by atoms with Gasteiger partial charge in [0.25, 0.3) is 0 Å². The molecule has 0 unspecified atom stereocenters. The Hall–Kier alpha value is -0.870. The van der Waals surface area contributed by atoms with Crippen molar-refractivity contribution < 1.29 is 14.3 Å². The smallest absolute Gasteiger partial charge is 0.164 e. The van der Waals surface area contributed by atoms with E-state index in [1.54, 1.807) is 13.2 Å². The van der Waals surface area contributed by atoms with E-state index in [2.05, 4.69) is 15.9 Å². The summed E-state index contributed by atoms with van der Waals surface area (Å²) in [4.78, 5) is 12.3. The SMILES string of the molecule is COc1ccc(Br)c(C(=O)CC2CCOCC2)c1. The summed E-state index contributed by atoms with van der Waals surface area (Å²) in [6.07, 6.45) is 2.55. The number of hydrogen-bond donors (Lipinski definition) is 0. The van der Waals surface area contributed by atoms with Crippen molar-refractivity contribution in [1.82, 2.24) is 0 Å². The first-order valence-electron chi connectivity index (χ1n) is 6.15. The lowest BCUT2D eigenvalue weighted by Crippen LogP contribution is -2.19. The monoisotopic (exact) mass is 312 g/mol. The fourth-order valence-corrected chi connectivity index (χ4v) is 2.64. The van der Waals surface area contributed by atoms with E-state index in [1.807, 2.05) is 12.1 Å². The number of Topliss-reactive ketones (excluding diaryl/α,β-unsaturated/α-hetero) is 1. The number of benzene rings is 1. The summed E-state index contributed by atoms with van der Waals surface area (Å²) in [7, 11) is 1.61. The molecule has 1 aliphatic rings. The molecule has 1 saturated heterocycles. The van der Waals surface area contributed by atoms with Gasteiger partial charge in [0.05, 0.1) is 7.11 Å². The molecule has 0 aliphatic carbocycles. The number of carbonyl (C=O) groups excluding carboxylic acids is 1. The van der Waals surface area contributed by atoms with Gasteiger partial charge in [-0.2, -0.15) is 0 Å². The van der Waals surface area contributed by atoms with E-state index < -0.39 is 0 Å². The first-order chi connectivity index (χ1) is 8.70. The molecule has 1 fully saturated rings. The molecule has 1 heterocycles. The van der Waals surface area contributed by atoms with Crippen LogP contribution in [0.15, 0.2) is 22.7 Å². The Bertz CT molecular complexity index is 425. The number of hydrogen-bond acceptors (Lipinski definition) is 3. The van der Waals surface area contributed by atoms with Gasteiger partial charge < -0.3 is 9.47 Å². The van der Waals surface area contributed by atoms with Crippen LogP contribution >= 0.6 is 15.9 Å². The van der Waals surface area contributed by atoms with Crippen molar-refractivity contribution >= 4 is 21.7 Å². The lowest BCUT2D eigenvalue weighted by Gasteiger charge is -2.21. The van der Waals surface area contributed by atoms with E-state index >= 15 is 0 Å². The summed E-state index contributed by atoms with van der Waals surface area (Å²) in [6.45, 7) is 1.55. The van der Waals surface area contributed by atoms with E-state index in [4.69, 9.17) is 9.47 Å². The highest BCUT2D eigenvalue weighted by atomic mass is 79.9. The molecule has 1 aliphatic heterocycles. The standard InChI is InChI=1S/C14H17BrO3/c1-17-11-2-3-13(15)12(9-11)14(16)8-10-4-6-18-7-5-10/h2-3,9-10H,4-8H2,1H3. The van der Waals surface area contributed by atoms with Crippen molar-refractivity contribution in [2.75, 3.05) is 20.3 Å². The van der Waals surface area contributed by atoms with Crippen molar-refractivity contribution in [1.29, 1.82) is 0 Å². The molecule has 0 spiro atoms. The molecule has 3 nitrogen and oxygen atoms in total. The number of carbonyl (C=O) groups is 1. The van der Waals surface area contributed by atoms with Gasteiger partial charge in [0.2, 0.25) is 0 Å². The average Bonchev–Trinajstić information content (AvgIpc) is 2.40. The summed E-state index contributed by atoms with van der Waals surface area (Å²) in [6, 6.07) is 5.50. The summed E-state index contributed by atoms with van der Waals surface area (Å²) in [5.41, 5.74) is 0.709. The zero-order valence-corrected chi connectivity index (χ0v) is 12.0. The van der Waals surface area contributed by atoms with E-state index in [0.717, 1.165) is 30.5 Å². The van der Waals surface area contributed by atoms with Crippen LogP contribution in [0.1, 0.15) is 29.6 Å². The minimum Gasteiger partial charge on any atom is -0.497 e. The normalized spacial score (nSPS) is 16.6. The molecule has 0 bridgehead atoms. The van der Waals surface area contributed by atoms with E-state index in [1.165, 1.54) is 0 Å². The second-order valence-electron chi connectivity index (χ2n) is 4.53. The molecule has 1 aromatic rings. The number of rotatable bonds is 4. The van der Waals surface area contributed by atoms with Gasteiger partial charge in [-0.3, -0.25) is 4.79 Å². The number of halogens is 1. The molecule has 0 amide bonds. The van der Waals surface area contributed by atoms with Crippen LogP contribution in [-0.4, -0.2) is 26.1 Å². The van der Waals surface area contributed by atoms with Crippen molar-refractivity contribution in [3.05, 3.63) is 28.2 Å². The molecular weight excluding hydrogens is 296 g/mol. The van der Waals surface area contributed by atoms with Crippen molar-refractivity contribution in [3.8, 4) is 5.75 Å². The highest BCUT2D eigenvalue weighted by Gasteiger charge is 2.20. The third-order valence-electron chi connectivity index (χ3n) is 3.29. The molecule has 98 valence electrons. The zero-order valence-electron chi connectivity index (χ0n) is 10.4.